The highest BCUT2D eigenvalue weighted by molar-refractivity contribution is 5.94. The summed E-state index contributed by atoms with van der Waals surface area (Å²) in [6, 6.07) is 13.0. The molecule has 2 N–H and O–H groups in total. The lowest BCUT2D eigenvalue weighted by atomic mass is 10.1. The number of aromatic amines is 1. The molecule has 114 valence electrons. The van der Waals surface area contributed by atoms with Crippen LogP contribution >= 0.6 is 0 Å². The molecule has 0 bridgehead atoms. The number of carbonyl (C=O) groups is 1. The van der Waals surface area contributed by atoms with Crippen LogP contribution in [0.3, 0.4) is 0 Å². The molecule has 0 unspecified atom stereocenters. The van der Waals surface area contributed by atoms with Gasteiger partial charge in [-0.05, 0) is 30.7 Å². The van der Waals surface area contributed by atoms with Crippen molar-refractivity contribution in [2.75, 3.05) is 26.2 Å². The lowest BCUT2D eigenvalue weighted by Gasteiger charge is -2.19. The van der Waals surface area contributed by atoms with Crippen molar-refractivity contribution in [2.45, 2.75) is 6.42 Å². The molecule has 1 aliphatic heterocycles. The van der Waals surface area contributed by atoms with E-state index in [2.05, 4.69) is 10.3 Å². The Hall–Kier alpha value is -2.40. The van der Waals surface area contributed by atoms with E-state index in [4.69, 9.17) is 0 Å². The van der Waals surface area contributed by atoms with E-state index in [1.54, 1.807) is 17.0 Å². The van der Waals surface area contributed by atoms with Gasteiger partial charge in [0.25, 0.3) is 11.5 Å². The Labute approximate surface area is 129 Å². The molecule has 0 atom stereocenters. The zero-order chi connectivity index (χ0) is 15.4. The van der Waals surface area contributed by atoms with Crippen LogP contribution in [0.2, 0.25) is 0 Å². The molecule has 1 saturated heterocycles. The molecule has 0 radical (unpaired) electrons. The van der Waals surface area contributed by atoms with Gasteiger partial charge in [-0.3, -0.25) is 9.59 Å². The van der Waals surface area contributed by atoms with E-state index >= 15 is 0 Å². The Morgan fingerprint density at radius 3 is 2.59 bits per heavy atom. The molecule has 2 heterocycles. The van der Waals surface area contributed by atoms with Crippen LogP contribution in [0.5, 0.6) is 0 Å². The van der Waals surface area contributed by atoms with E-state index in [1.807, 2.05) is 30.3 Å². The summed E-state index contributed by atoms with van der Waals surface area (Å²) in [6.07, 6.45) is 0.908. The van der Waals surface area contributed by atoms with Crippen LogP contribution in [0.25, 0.3) is 11.3 Å². The second-order valence-corrected chi connectivity index (χ2v) is 5.38. The standard InChI is InChI=1S/C17H19N3O2/c21-16-14(17(22)20-11-4-9-18-10-12-20)7-8-15(19-16)13-5-2-1-3-6-13/h1-3,5-8,18H,4,9-12H2,(H,19,21). The Bertz CT molecular complexity index is 701. The van der Waals surface area contributed by atoms with E-state index in [9.17, 15) is 9.59 Å². The number of carbonyl (C=O) groups excluding carboxylic acids is 1. The highest BCUT2D eigenvalue weighted by atomic mass is 16.2. The van der Waals surface area contributed by atoms with Crippen molar-refractivity contribution >= 4 is 5.91 Å². The molecule has 1 aromatic heterocycles. The smallest absolute Gasteiger partial charge is 0.261 e. The first-order chi connectivity index (χ1) is 10.8. The van der Waals surface area contributed by atoms with E-state index < -0.39 is 0 Å². The fourth-order valence-corrected chi connectivity index (χ4v) is 2.65. The fraction of sp³-hybridized carbons (Fsp3) is 0.294. The summed E-state index contributed by atoms with van der Waals surface area (Å²) in [6.45, 7) is 3.00. The van der Waals surface area contributed by atoms with Crippen molar-refractivity contribution < 1.29 is 4.79 Å². The second kappa shape index (κ2) is 6.58. The van der Waals surface area contributed by atoms with Crippen LogP contribution in [0.4, 0.5) is 0 Å². The van der Waals surface area contributed by atoms with Gasteiger partial charge in [0.2, 0.25) is 0 Å². The molecule has 1 aliphatic rings. The van der Waals surface area contributed by atoms with E-state index in [1.165, 1.54) is 0 Å². The molecule has 5 heteroatoms. The number of rotatable bonds is 2. The minimum atomic E-state index is -0.330. The molecule has 0 saturated carbocycles. The molecule has 0 aliphatic carbocycles. The monoisotopic (exact) mass is 297 g/mol. The predicted octanol–water partition coefficient (Wildman–Crippen LogP) is 1.48. The molecule has 0 spiro atoms. The van der Waals surface area contributed by atoms with E-state index in [-0.39, 0.29) is 17.0 Å². The lowest BCUT2D eigenvalue weighted by molar-refractivity contribution is 0.0764. The van der Waals surface area contributed by atoms with Gasteiger partial charge in [0, 0.05) is 25.3 Å². The van der Waals surface area contributed by atoms with E-state index in [0.717, 1.165) is 30.8 Å². The van der Waals surface area contributed by atoms with Crippen LogP contribution < -0.4 is 10.9 Å². The van der Waals surface area contributed by atoms with Crippen molar-refractivity contribution in [3.63, 3.8) is 0 Å². The number of hydrogen-bond donors (Lipinski definition) is 2. The lowest BCUT2D eigenvalue weighted by Crippen LogP contribution is -2.37. The number of H-pyrrole nitrogens is 1. The van der Waals surface area contributed by atoms with Crippen LogP contribution in [0, 0.1) is 0 Å². The van der Waals surface area contributed by atoms with Gasteiger partial charge >= 0.3 is 0 Å². The number of nitrogens with zero attached hydrogens (tertiary/aromatic N) is 1. The summed E-state index contributed by atoms with van der Waals surface area (Å²) in [4.78, 5) is 29.3. The molecule has 1 amide bonds. The summed E-state index contributed by atoms with van der Waals surface area (Å²) in [7, 11) is 0. The van der Waals surface area contributed by atoms with Gasteiger partial charge in [-0.2, -0.15) is 0 Å². The van der Waals surface area contributed by atoms with Crippen molar-refractivity contribution in [2.24, 2.45) is 0 Å². The topological polar surface area (TPSA) is 65.2 Å². The molecule has 3 rings (SSSR count). The second-order valence-electron chi connectivity index (χ2n) is 5.38. The van der Waals surface area contributed by atoms with Crippen molar-refractivity contribution in [3.8, 4) is 11.3 Å². The zero-order valence-electron chi connectivity index (χ0n) is 12.3. The third kappa shape index (κ3) is 3.09. The summed E-state index contributed by atoms with van der Waals surface area (Å²) >= 11 is 0. The van der Waals surface area contributed by atoms with Crippen LogP contribution in [-0.4, -0.2) is 42.0 Å². The molecule has 2 aromatic rings. The molecule has 22 heavy (non-hydrogen) atoms. The largest absolute Gasteiger partial charge is 0.337 e. The number of nitrogens with one attached hydrogen (secondary N) is 2. The first-order valence-corrected chi connectivity index (χ1v) is 7.54. The van der Waals surface area contributed by atoms with Crippen molar-refractivity contribution in [1.29, 1.82) is 0 Å². The first kappa shape index (κ1) is 14.5. The van der Waals surface area contributed by atoms with Gasteiger partial charge in [0.1, 0.15) is 5.56 Å². The van der Waals surface area contributed by atoms with Gasteiger partial charge in [0.15, 0.2) is 0 Å². The SMILES string of the molecule is O=C(c1ccc(-c2ccccc2)[nH]c1=O)N1CCCNCC1. The Kier molecular flexibility index (Phi) is 4.34. The predicted molar refractivity (Wildman–Crippen MR) is 85.9 cm³/mol. The average Bonchev–Trinajstić information content (AvgIpc) is 2.84. The summed E-state index contributed by atoms with van der Waals surface area (Å²) in [5.41, 5.74) is 1.53. The van der Waals surface area contributed by atoms with E-state index in [0.29, 0.717) is 13.1 Å². The third-order valence-corrected chi connectivity index (χ3v) is 3.85. The minimum Gasteiger partial charge on any atom is -0.337 e. The highest BCUT2D eigenvalue weighted by Crippen LogP contribution is 2.15. The Morgan fingerprint density at radius 2 is 1.82 bits per heavy atom. The third-order valence-electron chi connectivity index (χ3n) is 3.85. The normalized spacial score (nSPS) is 15.4. The van der Waals surface area contributed by atoms with Crippen LogP contribution in [0.1, 0.15) is 16.8 Å². The Balaban J connectivity index is 1.86. The zero-order valence-corrected chi connectivity index (χ0v) is 12.3. The molecule has 1 fully saturated rings. The Morgan fingerprint density at radius 1 is 1.00 bits per heavy atom. The molecular weight excluding hydrogens is 278 g/mol. The van der Waals surface area contributed by atoms with Gasteiger partial charge < -0.3 is 15.2 Å². The first-order valence-electron chi connectivity index (χ1n) is 7.54. The average molecular weight is 297 g/mol. The van der Waals surface area contributed by atoms with Gasteiger partial charge in [-0.25, -0.2) is 0 Å². The van der Waals surface area contributed by atoms with Gasteiger partial charge in [0.05, 0.1) is 0 Å². The molecule has 1 aromatic carbocycles. The van der Waals surface area contributed by atoms with Crippen molar-refractivity contribution in [3.05, 3.63) is 58.4 Å². The van der Waals surface area contributed by atoms with Crippen LogP contribution in [-0.2, 0) is 0 Å². The maximum atomic E-state index is 12.5. The molecular formula is C17H19N3O2. The fourth-order valence-electron chi connectivity index (χ4n) is 2.65. The summed E-state index contributed by atoms with van der Waals surface area (Å²) < 4.78 is 0. The quantitative estimate of drug-likeness (QED) is 0.882. The van der Waals surface area contributed by atoms with Crippen LogP contribution in [0.15, 0.2) is 47.3 Å². The number of amides is 1. The number of hydrogen-bond acceptors (Lipinski definition) is 3. The molecule has 5 nitrogen and oxygen atoms in total. The number of benzene rings is 1. The highest BCUT2D eigenvalue weighted by Gasteiger charge is 2.19. The maximum Gasteiger partial charge on any atom is 0.261 e. The minimum absolute atomic E-state index is 0.190. The summed E-state index contributed by atoms with van der Waals surface area (Å²) in [5, 5.41) is 3.25. The van der Waals surface area contributed by atoms with Gasteiger partial charge in [-0.1, -0.05) is 30.3 Å². The number of aromatic nitrogens is 1. The maximum absolute atomic E-state index is 12.5. The summed E-state index contributed by atoms with van der Waals surface area (Å²) in [5.74, 6) is -0.190. The van der Waals surface area contributed by atoms with Gasteiger partial charge in [-0.15, -0.1) is 0 Å². The van der Waals surface area contributed by atoms with Crippen molar-refractivity contribution in [1.82, 2.24) is 15.2 Å². The number of pyridine rings is 1.